The van der Waals surface area contributed by atoms with Crippen molar-refractivity contribution in [1.82, 2.24) is 21.7 Å². The highest BCUT2D eigenvalue weighted by Gasteiger charge is 2.30. The Morgan fingerprint density at radius 2 is 0.913 bits per heavy atom. The van der Waals surface area contributed by atoms with Gasteiger partial charge in [0.2, 0.25) is 11.8 Å². The lowest BCUT2D eigenvalue weighted by molar-refractivity contribution is -0.135. The van der Waals surface area contributed by atoms with Crippen LogP contribution in [0, 0.1) is 11.8 Å². The van der Waals surface area contributed by atoms with Gasteiger partial charge in [-0.15, -0.1) is 0 Å². The van der Waals surface area contributed by atoms with E-state index in [1.165, 1.54) is 24.3 Å². The minimum absolute atomic E-state index is 0.330. The molecule has 14 nitrogen and oxygen atoms in total. The van der Waals surface area contributed by atoms with Crippen LogP contribution >= 0.6 is 0 Å². The summed E-state index contributed by atoms with van der Waals surface area (Å²) in [7, 11) is 0. The molecule has 1 aliphatic carbocycles. The molecule has 0 atom stereocenters. The van der Waals surface area contributed by atoms with Gasteiger partial charge in [-0.25, -0.2) is 9.59 Å². The molecule has 0 spiro atoms. The third-order valence-corrected chi connectivity index (χ3v) is 6.91. The quantitative estimate of drug-likeness (QED) is 0.176. The Kier molecular flexibility index (Phi) is 14.3. The molecule has 1 saturated carbocycles. The maximum atomic E-state index is 12.5. The zero-order chi connectivity index (χ0) is 33.3. The van der Waals surface area contributed by atoms with E-state index >= 15 is 0 Å². The van der Waals surface area contributed by atoms with Crippen LogP contribution in [-0.2, 0) is 28.7 Å². The summed E-state index contributed by atoms with van der Waals surface area (Å²) in [6, 6.07) is 12.3. The fraction of sp³-hybridized carbons (Fsp3) is 0.438. The van der Waals surface area contributed by atoms with Crippen LogP contribution in [0.2, 0.25) is 0 Å². The largest absolute Gasteiger partial charge is 0.484 e. The minimum atomic E-state index is -0.573. The van der Waals surface area contributed by atoms with Gasteiger partial charge in [-0.2, -0.15) is 0 Å². The number of amides is 4. The highest BCUT2D eigenvalue weighted by Crippen LogP contribution is 2.29. The van der Waals surface area contributed by atoms with E-state index in [0.29, 0.717) is 61.5 Å². The third-order valence-electron chi connectivity index (χ3n) is 6.91. The summed E-state index contributed by atoms with van der Waals surface area (Å²) in [5.74, 6) is -2.83. The number of hydrazine groups is 2. The molecular formula is C32H40N4O10. The molecule has 0 heterocycles. The molecule has 0 saturated heterocycles. The van der Waals surface area contributed by atoms with Gasteiger partial charge in [-0.1, -0.05) is 13.8 Å². The fourth-order valence-corrected chi connectivity index (χ4v) is 4.39. The topological polar surface area (TPSA) is 187 Å². The molecular weight excluding hydrogens is 600 g/mol. The van der Waals surface area contributed by atoms with E-state index < -0.39 is 35.6 Å². The van der Waals surface area contributed by atoms with Crippen LogP contribution in [0.15, 0.2) is 48.5 Å². The van der Waals surface area contributed by atoms with E-state index in [0.717, 1.165) is 12.8 Å². The summed E-state index contributed by atoms with van der Waals surface area (Å²) < 4.78 is 20.9. The van der Waals surface area contributed by atoms with Crippen LogP contribution in [-0.4, -0.2) is 62.0 Å². The van der Waals surface area contributed by atoms with Crippen LogP contribution in [0.3, 0.4) is 0 Å². The van der Waals surface area contributed by atoms with E-state index in [4.69, 9.17) is 18.9 Å². The molecule has 0 unspecified atom stereocenters. The number of carbonyl (C=O) groups excluding carboxylic acids is 6. The van der Waals surface area contributed by atoms with Crippen molar-refractivity contribution in [2.24, 2.45) is 11.8 Å². The number of hydrogen-bond donors (Lipinski definition) is 4. The molecule has 0 aromatic heterocycles. The van der Waals surface area contributed by atoms with E-state index in [-0.39, 0.29) is 25.0 Å². The first-order valence-corrected chi connectivity index (χ1v) is 15.2. The van der Waals surface area contributed by atoms with Crippen molar-refractivity contribution >= 4 is 35.6 Å². The van der Waals surface area contributed by atoms with Gasteiger partial charge < -0.3 is 18.9 Å². The van der Waals surface area contributed by atoms with Crippen molar-refractivity contribution in [2.75, 3.05) is 26.4 Å². The van der Waals surface area contributed by atoms with Crippen molar-refractivity contribution in [1.29, 1.82) is 0 Å². The number of nitrogens with one attached hydrogen (secondary N) is 4. The Labute approximate surface area is 266 Å². The molecule has 0 bridgehead atoms. The molecule has 14 heteroatoms. The van der Waals surface area contributed by atoms with Crippen LogP contribution in [0.25, 0.3) is 0 Å². The van der Waals surface area contributed by atoms with Gasteiger partial charge in [-0.05, 0) is 87.1 Å². The number of rotatable bonds is 14. The maximum absolute atomic E-state index is 12.5. The van der Waals surface area contributed by atoms with Gasteiger partial charge in [0.15, 0.2) is 13.2 Å². The van der Waals surface area contributed by atoms with Crippen LogP contribution in [0.4, 0.5) is 0 Å². The van der Waals surface area contributed by atoms with Crippen molar-refractivity contribution in [2.45, 2.75) is 52.4 Å². The standard InChI is InChI=1S/C32H40N4O10/c1-3-17-43-31(41)23-9-13-25(14-10-23)45-19-27(37)33-35-29(39)21-5-7-22(8-6-21)30(40)36-34-28(38)20-46-26-15-11-24(12-16-26)32(42)44-18-4-2/h9-16,21-22H,3-8,17-20H2,1-2H3,(H,33,37)(H,34,38)(H,35,39)(H,36,40). The Morgan fingerprint density at radius 1 is 0.565 bits per heavy atom. The zero-order valence-corrected chi connectivity index (χ0v) is 25.9. The third kappa shape index (κ3) is 11.7. The van der Waals surface area contributed by atoms with Crippen LogP contribution in [0.5, 0.6) is 11.5 Å². The second-order valence-corrected chi connectivity index (χ2v) is 10.5. The molecule has 4 amide bonds. The Balaban J connectivity index is 1.28. The zero-order valence-electron chi connectivity index (χ0n) is 25.9. The number of hydrogen-bond acceptors (Lipinski definition) is 10. The van der Waals surface area contributed by atoms with Crippen LogP contribution < -0.4 is 31.2 Å². The summed E-state index contributed by atoms with van der Waals surface area (Å²) in [5.41, 5.74) is 10.1. The van der Waals surface area contributed by atoms with E-state index in [1.54, 1.807) is 24.3 Å². The molecule has 4 N–H and O–H groups in total. The molecule has 2 aromatic carbocycles. The van der Waals surface area contributed by atoms with Crippen molar-refractivity contribution in [3.63, 3.8) is 0 Å². The molecule has 248 valence electrons. The van der Waals surface area contributed by atoms with Crippen molar-refractivity contribution < 1.29 is 47.7 Å². The predicted octanol–water partition coefficient (Wildman–Crippen LogP) is 2.38. The first kappa shape index (κ1) is 35.3. The molecule has 46 heavy (non-hydrogen) atoms. The summed E-state index contributed by atoms with van der Waals surface area (Å²) in [4.78, 5) is 73.0. The number of carbonyl (C=O) groups is 6. The lowest BCUT2D eigenvalue weighted by Crippen LogP contribution is -2.48. The second-order valence-electron chi connectivity index (χ2n) is 10.5. The average molecular weight is 641 g/mol. The fourth-order valence-electron chi connectivity index (χ4n) is 4.39. The molecule has 1 fully saturated rings. The summed E-state index contributed by atoms with van der Waals surface area (Å²) >= 11 is 0. The average Bonchev–Trinajstić information content (AvgIpc) is 3.09. The number of ether oxygens (including phenoxy) is 4. The Bertz CT molecular complexity index is 1240. The van der Waals surface area contributed by atoms with E-state index in [2.05, 4.69) is 21.7 Å². The van der Waals surface area contributed by atoms with Gasteiger partial charge in [0.05, 0.1) is 24.3 Å². The first-order valence-electron chi connectivity index (χ1n) is 15.2. The SMILES string of the molecule is CCCOC(=O)c1ccc(OCC(=O)NNC(=O)C2CCC(C(=O)NNC(=O)COc3ccc(C(=O)OCCC)cc3)CC2)cc1. The molecule has 3 rings (SSSR count). The van der Waals surface area contributed by atoms with Gasteiger partial charge in [0, 0.05) is 11.8 Å². The summed E-state index contributed by atoms with van der Waals surface area (Å²) in [5, 5.41) is 0. The highest BCUT2D eigenvalue weighted by molar-refractivity contribution is 5.90. The van der Waals surface area contributed by atoms with Crippen molar-refractivity contribution in [3.05, 3.63) is 59.7 Å². The maximum Gasteiger partial charge on any atom is 0.338 e. The number of esters is 2. The summed E-state index contributed by atoms with van der Waals surface area (Å²) in [6.07, 6.45) is 3.11. The highest BCUT2D eigenvalue weighted by atomic mass is 16.5. The molecule has 2 aromatic rings. The second kappa shape index (κ2) is 18.6. The predicted molar refractivity (Wildman–Crippen MR) is 163 cm³/mol. The lowest BCUT2D eigenvalue weighted by Gasteiger charge is -2.27. The molecule has 0 radical (unpaired) electrons. The van der Waals surface area contributed by atoms with Gasteiger partial charge in [0.1, 0.15) is 11.5 Å². The van der Waals surface area contributed by atoms with Gasteiger partial charge >= 0.3 is 11.9 Å². The Morgan fingerprint density at radius 3 is 1.24 bits per heavy atom. The van der Waals surface area contributed by atoms with Gasteiger partial charge in [-0.3, -0.25) is 40.9 Å². The number of benzene rings is 2. The lowest BCUT2D eigenvalue weighted by atomic mass is 9.81. The van der Waals surface area contributed by atoms with Crippen molar-refractivity contribution in [3.8, 4) is 11.5 Å². The van der Waals surface area contributed by atoms with E-state index in [9.17, 15) is 28.8 Å². The normalized spacial score (nSPS) is 15.4. The molecule has 0 aliphatic heterocycles. The minimum Gasteiger partial charge on any atom is -0.484 e. The summed E-state index contributed by atoms with van der Waals surface area (Å²) in [6.45, 7) is 3.74. The van der Waals surface area contributed by atoms with E-state index in [1.807, 2.05) is 13.8 Å². The van der Waals surface area contributed by atoms with Gasteiger partial charge in [0.25, 0.3) is 11.8 Å². The van der Waals surface area contributed by atoms with Crippen LogP contribution in [0.1, 0.15) is 73.1 Å². The Hall–Kier alpha value is -5.14. The smallest absolute Gasteiger partial charge is 0.338 e. The first-order chi connectivity index (χ1) is 22.2. The molecule has 1 aliphatic rings. The monoisotopic (exact) mass is 640 g/mol.